The highest BCUT2D eigenvalue weighted by atomic mass is 35.5. The predicted octanol–water partition coefficient (Wildman–Crippen LogP) is 2.23. The molecule has 2 heterocycles. The molecule has 0 atom stereocenters. The van der Waals surface area contributed by atoms with Crippen molar-refractivity contribution in [2.75, 3.05) is 43.6 Å². The van der Waals surface area contributed by atoms with Crippen LogP contribution in [0.2, 0.25) is 5.02 Å². The van der Waals surface area contributed by atoms with E-state index in [1.165, 1.54) is 6.20 Å². The summed E-state index contributed by atoms with van der Waals surface area (Å²) >= 11 is 6.09. The molecular weight excluding hydrogens is 332 g/mol. The second-order valence-electron chi connectivity index (χ2n) is 5.15. The molecule has 1 aliphatic heterocycles. The largest absolute Gasteiger partial charge is 0.497 e. The van der Waals surface area contributed by atoms with E-state index in [-0.39, 0.29) is 16.6 Å². The molecule has 3 rings (SSSR count). The van der Waals surface area contributed by atoms with E-state index in [0.29, 0.717) is 43.7 Å². The molecular formula is C16H17ClN4O3. The van der Waals surface area contributed by atoms with Gasteiger partial charge in [-0.2, -0.15) is 0 Å². The Morgan fingerprint density at radius 3 is 2.67 bits per heavy atom. The van der Waals surface area contributed by atoms with Gasteiger partial charge in [-0.1, -0.05) is 11.6 Å². The summed E-state index contributed by atoms with van der Waals surface area (Å²) in [5, 5.41) is 2.97. The Bertz CT molecular complexity index is 718. The van der Waals surface area contributed by atoms with Gasteiger partial charge in [0.2, 0.25) is 5.95 Å². The molecule has 1 N–H and O–H groups in total. The SMILES string of the molecule is COc1ccc(NC(=O)c2nc(N3CCOCC3)ncc2Cl)cc1. The summed E-state index contributed by atoms with van der Waals surface area (Å²) in [4.78, 5) is 22.9. The van der Waals surface area contributed by atoms with Crippen molar-refractivity contribution in [2.24, 2.45) is 0 Å². The number of hydrogen-bond acceptors (Lipinski definition) is 6. The number of amides is 1. The Morgan fingerprint density at radius 2 is 2.00 bits per heavy atom. The highest BCUT2D eigenvalue weighted by Gasteiger charge is 2.19. The molecule has 7 nitrogen and oxygen atoms in total. The molecule has 1 aromatic heterocycles. The van der Waals surface area contributed by atoms with Crippen molar-refractivity contribution in [2.45, 2.75) is 0 Å². The summed E-state index contributed by atoms with van der Waals surface area (Å²) in [5.41, 5.74) is 0.771. The highest BCUT2D eigenvalue weighted by molar-refractivity contribution is 6.34. The fourth-order valence-electron chi connectivity index (χ4n) is 2.30. The number of hydrogen-bond donors (Lipinski definition) is 1. The maximum absolute atomic E-state index is 12.5. The first-order valence-electron chi connectivity index (χ1n) is 7.48. The lowest BCUT2D eigenvalue weighted by Gasteiger charge is -2.26. The maximum Gasteiger partial charge on any atom is 0.276 e. The van der Waals surface area contributed by atoms with Crippen LogP contribution in [0.3, 0.4) is 0 Å². The normalized spacial score (nSPS) is 14.3. The summed E-state index contributed by atoms with van der Waals surface area (Å²) < 4.78 is 10.4. The summed E-state index contributed by atoms with van der Waals surface area (Å²) in [6.45, 7) is 2.58. The van der Waals surface area contributed by atoms with Crippen molar-refractivity contribution in [1.29, 1.82) is 0 Å². The molecule has 1 fully saturated rings. The van der Waals surface area contributed by atoms with Crippen LogP contribution >= 0.6 is 11.6 Å². The number of nitrogens with one attached hydrogen (secondary N) is 1. The summed E-state index contributed by atoms with van der Waals surface area (Å²) in [6.07, 6.45) is 1.45. The minimum Gasteiger partial charge on any atom is -0.497 e. The molecule has 0 unspecified atom stereocenters. The molecule has 1 aromatic carbocycles. The van der Waals surface area contributed by atoms with Crippen LogP contribution in [0.25, 0.3) is 0 Å². The number of nitrogens with zero attached hydrogens (tertiary/aromatic N) is 3. The van der Waals surface area contributed by atoms with Gasteiger partial charge < -0.3 is 19.7 Å². The Morgan fingerprint density at radius 1 is 1.29 bits per heavy atom. The zero-order valence-electron chi connectivity index (χ0n) is 13.2. The molecule has 2 aromatic rings. The number of rotatable bonds is 4. The molecule has 0 saturated carbocycles. The van der Waals surface area contributed by atoms with Gasteiger partial charge in [0, 0.05) is 18.8 Å². The smallest absolute Gasteiger partial charge is 0.276 e. The van der Waals surface area contributed by atoms with Crippen LogP contribution in [-0.2, 0) is 4.74 Å². The third-order valence-electron chi connectivity index (χ3n) is 3.59. The Kier molecular flexibility index (Phi) is 5.12. The number of carbonyl (C=O) groups is 1. The topological polar surface area (TPSA) is 76.6 Å². The van der Waals surface area contributed by atoms with Crippen LogP contribution < -0.4 is 15.0 Å². The molecule has 0 aliphatic carbocycles. The minimum absolute atomic E-state index is 0.143. The lowest BCUT2D eigenvalue weighted by atomic mass is 10.3. The number of morpholine rings is 1. The second-order valence-corrected chi connectivity index (χ2v) is 5.56. The van der Waals surface area contributed by atoms with Gasteiger partial charge in [-0.05, 0) is 24.3 Å². The summed E-state index contributed by atoms with van der Waals surface area (Å²) in [5.74, 6) is 0.798. The molecule has 0 radical (unpaired) electrons. The Hall–Kier alpha value is -2.38. The molecule has 1 aliphatic rings. The van der Waals surface area contributed by atoms with Gasteiger partial charge >= 0.3 is 0 Å². The zero-order chi connectivity index (χ0) is 16.9. The van der Waals surface area contributed by atoms with E-state index in [9.17, 15) is 4.79 Å². The van der Waals surface area contributed by atoms with Crippen LogP contribution in [0.1, 0.15) is 10.5 Å². The quantitative estimate of drug-likeness (QED) is 0.913. The van der Waals surface area contributed by atoms with E-state index in [1.54, 1.807) is 31.4 Å². The first kappa shape index (κ1) is 16.5. The third-order valence-corrected chi connectivity index (χ3v) is 3.86. The van der Waals surface area contributed by atoms with E-state index in [0.717, 1.165) is 0 Å². The van der Waals surface area contributed by atoms with E-state index in [4.69, 9.17) is 21.1 Å². The van der Waals surface area contributed by atoms with Gasteiger partial charge in [0.1, 0.15) is 5.75 Å². The molecule has 0 spiro atoms. The van der Waals surface area contributed by atoms with E-state index in [1.807, 2.05) is 4.90 Å². The Balaban J connectivity index is 1.77. The average Bonchev–Trinajstić information content (AvgIpc) is 2.63. The third kappa shape index (κ3) is 3.74. The van der Waals surface area contributed by atoms with Crippen LogP contribution in [-0.4, -0.2) is 49.3 Å². The van der Waals surface area contributed by atoms with Crippen molar-refractivity contribution < 1.29 is 14.3 Å². The number of aromatic nitrogens is 2. The zero-order valence-corrected chi connectivity index (χ0v) is 13.9. The molecule has 126 valence electrons. The van der Waals surface area contributed by atoms with Crippen LogP contribution in [0.4, 0.5) is 11.6 Å². The second kappa shape index (κ2) is 7.46. The van der Waals surface area contributed by atoms with Gasteiger partial charge in [-0.15, -0.1) is 0 Å². The Labute approximate surface area is 144 Å². The van der Waals surface area contributed by atoms with E-state index >= 15 is 0 Å². The first-order valence-corrected chi connectivity index (χ1v) is 7.86. The lowest BCUT2D eigenvalue weighted by Crippen LogP contribution is -2.37. The van der Waals surface area contributed by atoms with Crippen molar-refractivity contribution in [1.82, 2.24) is 9.97 Å². The monoisotopic (exact) mass is 348 g/mol. The number of anilines is 2. The van der Waals surface area contributed by atoms with Crippen LogP contribution in [0, 0.1) is 0 Å². The molecule has 24 heavy (non-hydrogen) atoms. The van der Waals surface area contributed by atoms with Gasteiger partial charge in [0.15, 0.2) is 5.69 Å². The van der Waals surface area contributed by atoms with Gasteiger partial charge in [-0.3, -0.25) is 4.79 Å². The standard InChI is InChI=1S/C16H17ClN4O3/c1-23-12-4-2-11(3-5-12)19-15(22)14-13(17)10-18-16(20-14)21-6-8-24-9-7-21/h2-5,10H,6-9H2,1H3,(H,19,22). The van der Waals surface area contributed by atoms with E-state index in [2.05, 4.69) is 15.3 Å². The maximum atomic E-state index is 12.5. The molecule has 0 bridgehead atoms. The van der Waals surface area contributed by atoms with Crippen LogP contribution in [0.5, 0.6) is 5.75 Å². The van der Waals surface area contributed by atoms with Gasteiger partial charge in [0.25, 0.3) is 5.91 Å². The van der Waals surface area contributed by atoms with Crippen molar-refractivity contribution in [3.8, 4) is 5.75 Å². The number of methoxy groups -OCH3 is 1. The van der Waals surface area contributed by atoms with Gasteiger partial charge in [0.05, 0.1) is 31.5 Å². The molecule has 1 saturated heterocycles. The van der Waals surface area contributed by atoms with Gasteiger partial charge in [-0.25, -0.2) is 9.97 Å². The first-order chi connectivity index (χ1) is 11.7. The fraction of sp³-hybridized carbons (Fsp3) is 0.312. The molecule has 1 amide bonds. The van der Waals surface area contributed by atoms with E-state index < -0.39 is 0 Å². The highest BCUT2D eigenvalue weighted by Crippen LogP contribution is 2.20. The predicted molar refractivity (Wildman–Crippen MR) is 91.0 cm³/mol. The number of benzene rings is 1. The van der Waals surface area contributed by atoms with Crippen molar-refractivity contribution >= 4 is 29.1 Å². The average molecular weight is 349 g/mol. The number of ether oxygens (including phenoxy) is 2. The number of carbonyl (C=O) groups excluding carboxylic acids is 1. The molecule has 8 heteroatoms. The fourth-order valence-corrected chi connectivity index (χ4v) is 2.47. The van der Waals surface area contributed by atoms with Crippen molar-refractivity contribution in [3.05, 3.63) is 41.2 Å². The minimum atomic E-state index is -0.387. The lowest BCUT2D eigenvalue weighted by molar-refractivity contribution is 0.102. The summed E-state index contributed by atoms with van der Waals surface area (Å²) in [6, 6.07) is 7.01. The van der Waals surface area contributed by atoms with Crippen LogP contribution in [0.15, 0.2) is 30.5 Å². The summed E-state index contributed by atoms with van der Waals surface area (Å²) in [7, 11) is 1.58. The number of halogens is 1. The van der Waals surface area contributed by atoms with Crippen molar-refractivity contribution in [3.63, 3.8) is 0 Å².